The van der Waals surface area contributed by atoms with Gasteiger partial charge in [-0.1, -0.05) is 285 Å². The van der Waals surface area contributed by atoms with E-state index >= 15 is 0 Å². The van der Waals surface area contributed by atoms with Gasteiger partial charge in [0.05, 0.1) is 0 Å². The van der Waals surface area contributed by atoms with E-state index in [0.717, 1.165) is 63.7 Å². The number of esters is 3. The van der Waals surface area contributed by atoms with Crippen LogP contribution in [0.5, 0.6) is 0 Å². The van der Waals surface area contributed by atoms with Gasteiger partial charge in [0.15, 0.2) is 6.10 Å². The molecule has 6 heteroatoms. The molecule has 6 nitrogen and oxygen atoms in total. The molecule has 0 aromatic heterocycles. The van der Waals surface area contributed by atoms with Crippen molar-refractivity contribution in [2.45, 2.75) is 329 Å². The first-order valence-electron chi connectivity index (χ1n) is 28.4. The van der Waals surface area contributed by atoms with Crippen molar-refractivity contribution in [2.75, 3.05) is 13.2 Å². The Balaban J connectivity index is 4.28. The first-order chi connectivity index (χ1) is 30.9. The molecular weight excluding hydrogens is 781 g/mol. The van der Waals surface area contributed by atoms with E-state index in [1.807, 2.05) is 0 Å². The highest BCUT2D eigenvalue weighted by atomic mass is 16.6. The lowest BCUT2D eigenvalue weighted by molar-refractivity contribution is -0.167. The Morgan fingerprint density at radius 3 is 0.778 bits per heavy atom. The highest BCUT2D eigenvalue weighted by Gasteiger charge is 2.19. The third-order valence-electron chi connectivity index (χ3n) is 13.0. The van der Waals surface area contributed by atoms with Gasteiger partial charge in [0.2, 0.25) is 0 Å². The Hall–Kier alpha value is -1.59. The van der Waals surface area contributed by atoms with Crippen molar-refractivity contribution in [3.63, 3.8) is 0 Å². The molecule has 0 aromatic rings. The zero-order valence-electron chi connectivity index (χ0n) is 43.0. The van der Waals surface area contributed by atoms with Crippen LogP contribution in [0.25, 0.3) is 0 Å². The summed E-state index contributed by atoms with van der Waals surface area (Å²) >= 11 is 0. The van der Waals surface area contributed by atoms with Gasteiger partial charge in [-0.2, -0.15) is 0 Å². The number of carbonyl (C=O) groups is 3. The fourth-order valence-corrected chi connectivity index (χ4v) is 8.75. The summed E-state index contributed by atoms with van der Waals surface area (Å²) in [6.45, 7) is 9.04. The monoisotopic (exact) mass is 891 g/mol. The molecule has 1 atom stereocenters. The maximum Gasteiger partial charge on any atom is 0.306 e. The largest absolute Gasteiger partial charge is 0.462 e. The third kappa shape index (κ3) is 51.3. The van der Waals surface area contributed by atoms with E-state index in [0.29, 0.717) is 19.3 Å². The Morgan fingerprint density at radius 2 is 0.524 bits per heavy atom. The second kappa shape index (κ2) is 51.4. The number of carbonyl (C=O) groups excluding carboxylic acids is 3. The Kier molecular flexibility index (Phi) is 50.1. The third-order valence-corrected chi connectivity index (χ3v) is 13.0. The van der Waals surface area contributed by atoms with Gasteiger partial charge in [0.1, 0.15) is 13.2 Å². The Morgan fingerprint density at radius 1 is 0.302 bits per heavy atom. The van der Waals surface area contributed by atoms with Crippen molar-refractivity contribution in [1.29, 1.82) is 0 Å². The molecule has 0 N–H and O–H groups in total. The number of hydrogen-bond donors (Lipinski definition) is 0. The molecular formula is C57H110O6. The van der Waals surface area contributed by atoms with E-state index in [9.17, 15) is 14.4 Å². The van der Waals surface area contributed by atoms with Gasteiger partial charge in [-0.25, -0.2) is 0 Å². The van der Waals surface area contributed by atoms with Crippen LogP contribution in [0.3, 0.4) is 0 Å². The molecule has 0 amide bonds. The van der Waals surface area contributed by atoms with Gasteiger partial charge in [-0.05, 0) is 25.2 Å². The number of hydrogen-bond acceptors (Lipinski definition) is 6. The van der Waals surface area contributed by atoms with Crippen LogP contribution >= 0.6 is 0 Å². The quantitative estimate of drug-likeness (QED) is 0.0344. The summed E-state index contributed by atoms with van der Waals surface area (Å²) < 4.78 is 16.9. The van der Waals surface area contributed by atoms with Gasteiger partial charge in [0.25, 0.3) is 0 Å². The van der Waals surface area contributed by atoms with Crippen molar-refractivity contribution in [1.82, 2.24) is 0 Å². The molecule has 374 valence electrons. The maximum absolute atomic E-state index is 12.8. The summed E-state index contributed by atoms with van der Waals surface area (Å²) in [5.41, 5.74) is 0. The van der Waals surface area contributed by atoms with Crippen LogP contribution in [0.1, 0.15) is 323 Å². The van der Waals surface area contributed by atoms with Crippen LogP contribution in [0, 0.1) is 5.92 Å². The molecule has 0 saturated carbocycles. The minimum atomic E-state index is -0.761. The summed E-state index contributed by atoms with van der Waals surface area (Å²) in [5, 5.41) is 0. The van der Waals surface area contributed by atoms with Crippen LogP contribution in [0.15, 0.2) is 0 Å². The average Bonchev–Trinajstić information content (AvgIpc) is 3.27. The van der Waals surface area contributed by atoms with E-state index < -0.39 is 6.10 Å². The average molecular weight is 892 g/mol. The molecule has 0 saturated heterocycles. The van der Waals surface area contributed by atoms with E-state index in [1.165, 1.54) is 218 Å². The Labute approximate surface area is 393 Å². The lowest BCUT2D eigenvalue weighted by atomic mass is 10.0. The first-order valence-corrected chi connectivity index (χ1v) is 28.4. The molecule has 0 aromatic carbocycles. The van der Waals surface area contributed by atoms with Crippen LogP contribution < -0.4 is 0 Å². The van der Waals surface area contributed by atoms with Crippen LogP contribution in [0.4, 0.5) is 0 Å². The molecule has 63 heavy (non-hydrogen) atoms. The normalized spacial score (nSPS) is 12.0. The standard InChI is InChI=1S/C57H110O6/c1-5-7-9-11-13-15-17-19-21-22-23-24-26-27-32-36-40-44-48-55(58)61-51-54(52-62-56(59)49-45-41-37-33-30-29-31-35-39-43-47-53(3)4)63-57(60)50-46-42-38-34-28-25-20-18-16-14-12-10-8-6-2/h53-54H,5-52H2,1-4H3/t54-/m1/s1. The summed E-state index contributed by atoms with van der Waals surface area (Å²) in [6.07, 6.45) is 55.2. The van der Waals surface area contributed by atoms with E-state index in [-0.39, 0.29) is 31.1 Å². The first kappa shape index (κ1) is 61.4. The predicted octanol–water partition coefficient (Wildman–Crippen LogP) is 18.6. The number of unbranched alkanes of at least 4 members (excludes halogenated alkanes) is 39. The summed E-state index contributed by atoms with van der Waals surface area (Å²) in [6, 6.07) is 0. The van der Waals surface area contributed by atoms with Gasteiger partial charge in [0, 0.05) is 19.3 Å². The van der Waals surface area contributed by atoms with Crippen molar-refractivity contribution in [2.24, 2.45) is 5.92 Å². The molecule has 0 aliphatic rings. The molecule has 0 heterocycles. The molecule has 0 aliphatic heterocycles. The summed E-state index contributed by atoms with van der Waals surface area (Å²) in [4.78, 5) is 38.1. The second-order valence-electron chi connectivity index (χ2n) is 20.1. The van der Waals surface area contributed by atoms with Crippen LogP contribution in [0.2, 0.25) is 0 Å². The number of ether oxygens (including phenoxy) is 3. The fourth-order valence-electron chi connectivity index (χ4n) is 8.75. The zero-order valence-corrected chi connectivity index (χ0v) is 43.0. The smallest absolute Gasteiger partial charge is 0.306 e. The van der Waals surface area contributed by atoms with Gasteiger partial charge in [-0.15, -0.1) is 0 Å². The van der Waals surface area contributed by atoms with E-state index in [4.69, 9.17) is 14.2 Å². The van der Waals surface area contributed by atoms with Crippen molar-refractivity contribution in [3.05, 3.63) is 0 Å². The highest BCUT2D eigenvalue weighted by Crippen LogP contribution is 2.18. The fraction of sp³-hybridized carbons (Fsp3) is 0.947. The molecule has 0 aliphatic carbocycles. The molecule has 0 radical (unpaired) electrons. The lowest BCUT2D eigenvalue weighted by Crippen LogP contribution is -2.30. The molecule has 0 rings (SSSR count). The van der Waals surface area contributed by atoms with Gasteiger partial charge in [-0.3, -0.25) is 14.4 Å². The predicted molar refractivity (Wildman–Crippen MR) is 270 cm³/mol. The lowest BCUT2D eigenvalue weighted by Gasteiger charge is -2.18. The second-order valence-corrected chi connectivity index (χ2v) is 20.1. The Bertz CT molecular complexity index is 949. The molecule has 0 spiro atoms. The van der Waals surface area contributed by atoms with Crippen molar-refractivity contribution in [3.8, 4) is 0 Å². The number of rotatable bonds is 52. The topological polar surface area (TPSA) is 78.9 Å². The zero-order chi connectivity index (χ0) is 45.9. The van der Waals surface area contributed by atoms with Crippen molar-refractivity contribution >= 4 is 17.9 Å². The molecule has 0 unspecified atom stereocenters. The minimum absolute atomic E-state index is 0.0621. The SMILES string of the molecule is CCCCCCCCCCCCCCCCCCCCC(=O)OC[C@H](COC(=O)CCCCCCCCCCCCC(C)C)OC(=O)CCCCCCCCCCCCCCCC. The summed E-state index contributed by atoms with van der Waals surface area (Å²) in [7, 11) is 0. The van der Waals surface area contributed by atoms with E-state index in [2.05, 4.69) is 27.7 Å². The maximum atomic E-state index is 12.8. The van der Waals surface area contributed by atoms with Gasteiger partial charge >= 0.3 is 17.9 Å². The molecule has 0 bridgehead atoms. The summed E-state index contributed by atoms with van der Waals surface area (Å²) in [5.74, 6) is -0.0193. The van der Waals surface area contributed by atoms with E-state index in [1.54, 1.807) is 0 Å². The highest BCUT2D eigenvalue weighted by molar-refractivity contribution is 5.71. The van der Waals surface area contributed by atoms with Gasteiger partial charge < -0.3 is 14.2 Å². The minimum Gasteiger partial charge on any atom is -0.462 e. The van der Waals surface area contributed by atoms with Crippen molar-refractivity contribution < 1.29 is 28.6 Å². The molecule has 0 fully saturated rings. The van der Waals surface area contributed by atoms with Crippen LogP contribution in [-0.4, -0.2) is 37.2 Å². The van der Waals surface area contributed by atoms with Crippen LogP contribution in [-0.2, 0) is 28.6 Å².